The number of methoxy groups -OCH3 is 1. The molecule has 4 nitrogen and oxygen atoms in total. The van der Waals surface area contributed by atoms with Crippen LogP contribution in [0.1, 0.15) is 27.0 Å². The predicted molar refractivity (Wildman–Crippen MR) is 53.4 cm³/mol. The highest BCUT2D eigenvalue weighted by Gasteiger charge is 2.37. The number of aliphatic hydroxyl groups excluding tert-OH is 1. The number of nitriles is 1. The molecule has 0 aliphatic rings. The van der Waals surface area contributed by atoms with Crippen molar-refractivity contribution in [3.63, 3.8) is 0 Å². The first-order valence-electron chi connectivity index (χ1n) is 4.68. The molecule has 96 valence electrons. The summed E-state index contributed by atoms with van der Waals surface area (Å²) in [5.41, 5.74) is -2.72. The molecule has 0 unspecified atom stereocenters. The minimum atomic E-state index is -4.78. The molecule has 0 spiro atoms. The summed E-state index contributed by atoms with van der Waals surface area (Å²) in [5, 5.41) is 17.6. The maximum absolute atomic E-state index is 12.7. The molecule has 0 saturated carbocycles. The minimum Gasteiger partial charge on any atom is -0.465 e. The number of nitrogens with zero attached hydrogens (tertiary/aromatic N) is 1. The monoisotopic (exact) mass is 259 g/mol. The Morgan fingerprint density at radius 3 is 2.50 bits per heavy atom. The summed E-state index contributed by atoms with van der Waals surface area (Å²) < 4.78 is 42.5. The van der Waals surface area contributed by atoms with Crippen LogP contribution in [0, 0.1) is 11.3 Å². The smallest absolute Gasteiger partial charge is 0.418 e. The Balaban J connectivity index is 3.56. The van der Waals surface area contributed by atoms with Gasteiger partial charge >= 0.3 is 12.1 Å². The number of esters is 1. The van der Waals surface area contributed by atoms with Crippen LogP contribution in [0.2, 0.25) is 0 Å². The second-order valence-electron chi connectivity index (χ2n) is 3.32. The van der Waals surface area contributed by atoms with Crippen LogP contribution in [0.3, 0.4) is 0 Å². The van der Waals surface area contributed by atoms with Gasteiger partial charge in [0.15, 0.2) is 0 Å². The molecule has 0 fully saturated rings. The number of hydrogen-bond donors (Lipinski definition) is 1. The maximum Gasteiger partial charge on any atom is 0.418 e. The fourth-order valence-electron chi connectivity index (χ4n) is 1.49. The van der Waals surface area contributed by atoms with E-state index in [1.54, 1.807) is 0 Å². The fourth-order valence-corrected chi connectivity index (χ4v) is 1.49. The summed E-state index contributed by atoms with van der Waals surface area (Å²) in [7, 11) is 1.06. The van der Waals surface area contributed by atoms with Crippen molar-refractivity contribution in [2.75, 3.05) is 7.11 Å². The lowest BCUT2D eigenvalue weighted by atomic mass is 9.98. The van der Waals surface area contributed by atoms with Gasteiger partial charge < -0.3 is 9.84 Å². The van der Waals surface area contributed by atoms with E-state index in [1.807, 2.05) is 0 Å². The van der Waals surface area contributed by atoms with E-state index < -0.39 is 35.4 Å². The van der Waals surface area contributed by atoms with Crippen LogP contribution in [-0.4, -0.2) is 18.2 Å². The summed E-state index contributed by atoms with van der Waals surface area (Å²) in [6, 6.07) is 3.00. The molecule has 18 heavy (non-hydrogen) atoms. The molecule has 0 bridgehead atoms. The summed E-state index contributed by atoms with van der Waals surface area (Å²) in [6.07, 6.45) is -4.78. The van der Waals surface area contributed by atoms with Gasteiger partial charge in [-0.1, -0.05) is 0 Å². The molecule has 0 amide bonds. The number of rotatable bonds is 2. The van der Waals surface area contributed by atoms with Gasteiger partial charge in [0.2, 0.25) is 0 Å². The largest absolute Gasteiger partial charge is 0.465 e. The van der Waals surface area contributed by atoms with E-state index in [0.717, 1.165) is 19.2 Å². The zero-order chi connectivity index (χ0) is 13.9. The first-order valence-corrected chi connectivity index (χ1v) is 4.68. The van der Waals surface area contributed by atoms with Gasteiger partial charge in [-0.25, -0.2) is 4.79 Å². The van der Waals surface area contributed by atoms with Crippen LogP contribution in [0.15, 0.2) is 12.1 Å². The number of ether oxygens (including phenoxy) is 1. The van der Waals surface area contributed by atoms with Crippen LogP contribution in [0.5, 0.6) is 0 Å². The van der Waals surface area contributed by atoms with E-state index >= 15 is 0 Å². The molecule has 0 aliphatic heterocycles. The molecule has 1 rings (SSSR count). The van der Waals surface area contributed by atoms with Crippen LogP contribution in [-0.2, 0) is 17.5 Å². The number of aliphatic hydroxyl groups is 1. The second kappa shape index (κ2) is 5.06. The van der Waals surface area contributed by atoms with E-state index in [9.17, 15) is 18.0 Å². The summed E-state index contributed by atoms with van der Waals surface area (Å²) >= 11 is 0. The van der Waals surface area contributed by atoms with Gasteiger partial charge in [0.1, 0.15) is 0 Å². The van der Waals surface area contributed by atoms with Crippen LogP contribution < -0.4 is 0 Å². The number of alkyl halides is 3. The number of carbonyl (C=O) groups excluding carboxylic acids is 1. The number of carbonyl (C=O) groups is 1. The van der Waals surface area contributed by atoms with Crippen molar-refractivity contribution in [2.24, 2.45) is 0 Å². The quantitative estimate of drug-likeness (QED) is 0.823. The lowest BCUT2D eigenvalue weighted by Gasteiger charge is -2.14. The van der Waals surface area contributed by atoms with E-state index in [0.29, 0.717) is 0 Å². The summed E-state index contributed by atoms with van der Waals surface area (Å²) in [5.74, 6) is -0.880. The molecule has 1 aromatic carbocycles. The van der Waals surface area contributed by atoms with Crippen LogP contribution in [0.25, 0.3) is 0 Å². The van der Waals surface area contributed by atoms with Gasteiger partial charge in [0.25, 0.3) is 0 Å². The zero-order valence-electron chi connectivity index (χ0n) is 9.21. The molecule has 0 heterocycles. The number of hydrogen-bond acceptors (Lipinski definition) is 4. The predicted octanol–water partition coefficient (Wildman–Crippen LogP) is 1.86. The Bertz CT molecular complexity index is 517. The van der Waals surface area contributed by atoms with Crippen LogP contribution in [0.4, 0.5) is 13.2 Å². The molecular weight excluding hydrogens is 251 g/mol. The molecule has 7 heteroatoms. The van der Waals surface area contributed by atoms with Crippen molar-refractivity contribution in [1.82, 2.24) is 0 Å². The normalized spacial score (nSPS) is 10.9. The van der Waals surface area contributed by atoms with E-state index in [4.69, 9.17) is 10.4 Å². The first kappa shape index (κ1) is 14.0. The van der Waals surface area contributed by atoms with Crippen molar-refractivity contribution in [3.05, 3.63) is 34.4 Å². The summed E-state index contributed by atoms with van der Waals surface area (Å²) in [4.78, 5) is 11.2. The molecule has 1 N–H and O–H groups in total. The number of benzene rings is 1. The average molecular weight is 259 g/mol. The van der Waals surface area contributed by atoms with Crippen LogP contribution >= 0.6 is 0 Å². The molecule has 0 atom stereocenters. The lowest BCUT2D eigenvalue weighted by molar-refractivity contribution is -0.138. The third-order valence-corrected chi connectivity index (χ3v) is 2.22. The van der Waals surface area contributed by atoms with Crippen molar-refractivity contribution in [2.45, 2.75) is 12.8 Å². The SMILES string of the molecule is COC(=O)c1cc(C#N)c(C(F)(F)F)c(CO)c1. The Morgan fingerprint density at radius 1 is 1.50 bits per heavy atom. The topological polar surface area (TPSA) is 70.3 Å². The Morgan fingerprint density at radius 2 is 2.11 bits per heavy atom. The van der Waals surface area contributed by atoms with Crippen molar-refractivity contribution in [1.29, 1.82) is 5.26 Å². The van der Waals surface area contributed by atoms with Gasteiger partial charge in [-0.3, -0.25) is 0 Å². The Labute approximate surface area is 100 Å². The van der Waals surface area contributed by atoms with E-state index in [-0.39, 0.29) is 5.56 Å². The highest BCUT2D eigenvalue weighted by Crippen LogP contribution is 2.35. The first-order chi connectivity index (χ1) is 8.35. The highest BCUT2D eigenvalue weighted by molar-refractivity contribution is 5.90. The molecule has 0 aliphatic carbocycles. The van der Waals surface area contributed by atoms with Gasteiger partial charge in [-0.2, -0.15) is 18.4 Å². The Hall–Kier alpha value is -2.07. The highest BCUT2D eigenvalue weighted by atomic mass is 19.4. The second-order valence-corrected chi connectivity index (χ2v) is 3.32. The minimum absolute atomic E-state index is 0.217. The van der Waals surface area contributed by atoms with Gasteiger partial charge in [-0.15, -0.1) is 0 Å². The molecule has 0 saturated heterocycles. The number of halogens is 3. The third kappa shape index (κ3) is 2.60. The van der Waals surface area contributed by atoms with Crippen molar-refractivity contribution >= 4 is 5.97 Å². The molecule has 0 radical (unpaired) electrons. The lowest BCUT2D eigenvalue weighted by Crippen LogP contribution is -2.14. The van der Waals surface area contributed by atoms with Crippen molar-refractivity contribution < 1.29 is 27.8 Å². The average Bonchev–Trinajstić information content (AvgIpc) is 2.34. The fraction of sp³-hybridized carbons (Fsp3) is 0.273. The maximum atomic E-state index is 12.7. The molecular formula is C11H8F3NO3. The standard InChI is InChI=1S/C11H8F3NO3/c1-18-10(17)6-2-7(4-15)9(11(12,13)14)8(3-6)5-16/h2-3,16H,5H2,1H3. The molecule has 1 aromatic rings. The molecule has 0 aromatic heterocycles. The summed E-state index contributed by atoms with van der Waals surface area (Å²) in [6.45, 7) is -0.936. The zero-order valence-corrected chi connectivity index (χ0v) is 9.21. The van der Waals surface area contributed by atoms with E-state index in [2.05, 4.69) is 4.74 Å². The van der Waals surface area contributed by atoms with Gasteiger partial charge in [0.05, 0.1) is 36.5 Å². The Kier molecular flexibility index (Phi) is 3.93. The van der Waals surface area contributed by atoms with Crippen molar-refractivity contribution in [3.8, 4) is 6.07 Å². The van der Waals surface area contributed by atoms with Gasteiger partial charge in [0, 0.05) is 0 Å². The van der Waals surface area contributed by atoms with E-state index in [1.165, 1.54) is 6.07 Å². The third-order valence-electron chi connectivity index (χ3n) is 2.22. The van der Waals surface area contributed by atoms with Gasteiger partial charge in [-0.05, 0) is 17.7 Å².